The molecule has 1 saturated heterocycles. The number of benzene rings is 2. The number of hydrogen-bond acceptors (Lipinski definition) is 4. The van der Waals surface area contributed by atoms with E-state index in [1.165, 1.54) is 0 Å². The molecule has 2 atom stereocenters. The molecule has 166 valence electrons. The van der Waals surface area contributed by atoms with E-state index in [0.29, 0.717) is 47.6 Å². The average Bonchev–Trinajstić information content (AvgIpc) is 3.22. The van der Waals surface area contributed by atoms with Crippen molar-refractivity contribution in [3.05, 3.63) is 58.6 Å². The Morgan fingerprint density at radius 3 is 2.42 bits per heavy atom. The summed E-state index contributed by atoms with van der Waals surface area (Å²) in [5, 5.41) is 3.60. The van der Waals surface area contributed by atoms with Crippen molar-refractivity contribution >= 4 is 23.4 Å². The molecular weight excluding hydrogens is 416 g/mol. The highest BCUT2D eigenvalue weighted by molar-refractivity contribution is 6.30. The van der Waals surface area contributed by atoms with Gasteiger partial charge in [-0.2, -0.15) is 0 Å². The van der Waals surface area contributed by atoms with Gasteiger partial charge in [-0.3, -0.25) is 9.59 Å². The largest absolute Gasteiger partial charge is 0.497 e. The molecule has 2 aromatic rings. The number of carbonyl (C=O) groups is 2. The van der Waals surface area contributed by atoms with E-state index in [1.54, 1.807) is 43.4 Å². The van der Waals surface area contributed by atoms with Gasteiger partial charge in [0.1, 0.15) is 11.5 Å². The molecule has 0 spiro atoms. The monoisotopic (exact) mass is 444 g/mol. The van der Waals surface area contributed by atoms with Crippen molar-refractivity contribution in [2.24, 2.45) is 11.8 Å². The summed E-state index contributed by atoms with van der Waals surface area (Å²) in [7, 11) is 3.19. The maximum Gasteiger partial charge on any atom is 0.253 e. The Balaban J connectivity index is 1.91. The van der Waals surface area contributed by atoms with Crippen molar-refractivity contribution in [1.82, 2.24) is 10.2 Å². The lowest BCUT2D eigenvalue weighted by molar-refractivity contribution is -0.125. The van der Waals surface area contributed by atoms with Crippen LogP contribution in [-0.2, 0) is 4.79 Å². The summed E-state index contributed by atoms with van der Waals surface area (Å²) in [6, 6.07) is 12.4. The van der Waals surface area contributed by atoms with Gasteiger partial charge in [-0.05, 0) is 36.2 Å². The Hall–Kier alpha value is -2.73. The molecule has 1 N–H and O–H groups in total. The van der Waals surface area contributed by atoms with Crippen LogP contribution in [0.25, 0.3) is 0 Å². The Kier molecular flexibility index (Phi) is 7.44. The summed E-state index contributed by atoms with van der Waals surface area (Å²) >= 11 is 5.96. The number of amides is 2. The third-order valence-corrected chi connectivity index (χ3v) is 5.81. The predicted molar refractivity (Wildman–Crippen MR) is 121 cm³/mol. The van der Waals surface area contributed by atoms with Gasteiger partial charge in [0.15, 0.2) is 0 Å². The minimum absolute atomic E-state index is 0.0528. The van der Waals surface area contributed by atoms with Crippen molar-refractivity contribution in [3.8, 4) is 11.5 Å². The number of hydrogen-bond donors (Lipinski definition) is 1. The van der Waals surface area contributed by atoms with Gasteiger partial charge in [0.2, 0.25) is 5.91 Å². The molecule has 1 fully saturated rings. The third-order valence-electron chi connectivity index (χ3n) is 5.56. The van der Waals surface area contributed by atoms with E-state index >= 15 is 0 Å². The van der Waals surface area contributed by atoms with Crippen LogP contribution < -0.4 is 14.8 Å². The van der Waals surface area contributed by atoms with Gasteiger partial charge < -0.3 is 19.7 Å². The molecule has 31 heavy (non-hydrogen) atoms. The molecule has 0 aromatic heterocycles. The smallest absolute Gasteiger partial charge is 0.253 e. The Morgan fingerprint density at radius 2 is 1.81 bits per heavy atom. The summed E-state index contributed by atoms with van der Waals surface area (Å²) < 4.78 is 10.9. The van der Waals surface area contributed by atoms with Crippen molar-refractivity contribution in [1.29, 1.82) is 0 Å². The predicted octanol–water partition coefficient (Wildman–Crippen LogP) is 3.99. The maximum absolute atomic E-state index is 13.1. The zero-order chi connectivity index (χ0) is 22.5. The highest BCUT2D eigenvalue weighted by Crippen LogP contribution is 2.39. The van der Waals surface area contributed by atoms with E-state index in [1.807, 2.05) is 18.2 Å². The van der Waals surface area contributed by atoms with E-state index in [-0.39, 0.29) is 23.7 Å². The number of ether oxygens (including phenoxy) is 2. The van der Waals surface area contributed by atoms with Crippen LogP contribution in [-0.4, -0.2) is 50.6 Å². The molecule has 3 rings (SSSR count). The summed E-state index contributed by atoms with van der Waals surface area (Å²) in [5.41, 5.74) is 1.44. The molecule has 1 heterocycles. The molecule has 6 nitrogen and oxygen atoms in total. The minimum atomic E-state index is -0.378. The minimum Gasteiger partial charge on any atom is -0.497 e. The third kappa shape index (κ3) is 5.31. The molecule has 7 heteroatoms. The molecule has 0 aliphatic carbocycles. The number of rotatable bonds is 7. The first-order valence-electron chi connectivity index (χ1n) is 10.4. The van der Waals surface area contributed by atoms with Gasteiger partial charge >= 0.3 is 0 Å². The molecule has 1 aliphatic rings. The fourth-order valence-electron chi connectivity index (χ4n) is 3.89. The Bertz CT molecular complexity index is 930. The van der Waals surface area contributed by atoms with E-state index in [0.717, 1.165) is 5.56 Å². The van der Waals surface area contributed by atoms with Crippen molar-refractivity contribution in [2.45, 2.75) is 19.8 Å². The second kappa shape index (κ2) is 10.1. The lowest BCUT2D eigenvalue weighted by Crippen LogP contribution is -2.37. The molecular formula is C24H29ClN2O4. The Morgan fingerprint density at radius 1 is 1.10 bits per heavy atom. The quantitative estimate of drug-likeness (QED) is 0.701. The second-order valence-corrected chi connectivity index (χ2v) is 8.61. The van der Waals surface area contributed by atoms with Crippen LogP contribution in [0.5, 0.6) is 11.5 Å². The van der Waals surface area contributed by atoms with Gasteiger partial charge in [-0.15, -0.1) is 0 Å². The molecule has 0 saturated carbocycles. The number of halogens is 1. The summed E-state index contributed by atoms with van der Waals surface area (Å²) in [4.78, 5) is 27.9. The summed E-state index contributed by atoms with van der Waals surface area (Å²) in [6.45, 7) is 5.45. The molecule has 0 radical (unpaired) electrons. The molecule has 2 amide bonds. The van der Waals surface area contributed by atoms with E-state index in [4.69, 9.17) is 21.1 Å². The average molecular weight is 445 g/mol. The Labute approximate surface area is 188 Å². The highest BCUT2D eigenvalue weighted by atomic mass is 35.5. The van der Waals surface area contributed by atoms with Crippen molar-refractivity contribution < 1.29 is 19.1 Å². The van der Waals surface area contributed by atoms with Gasteiger partial charge in [0.05, 0.1) is 20.1 Å². The SMILES string of the molecule is COc1ccc([C@H]2CN(C(=O)c3ccc(Cl)cc3)C[C@@H]2C(=O)NCC(C)C)c(OC)c1. The zero-order valence-electron chi connectivity index (χ0n) is 18.4. The van der Waals surface area contributed by atoms with E-state index in [2.05, 4.69) is 19.2 Å². The first-order chi connectivity index (χ1) is 14.8. The van der Waals surface area contributed by atoms with Crippen LogP contribution in [0, 0.1) is 11.8 Å². The van der Waals surface area contributed by atoms with Crippen LogP contribution in [0.15, 0.2) is 42.5 Å². The van der Waals surface area contributed by atoms with Gasteiger partial charge in [-0.25, -0.2) is 0 Å². The number of carbonyl (C=O) groups excluding carboxylic acids is 2. The van der Waals surface area contributed by atoms with E-state index < -0.39 is 0 Å². The molecule has 0 bridgehead atoms. The summed E-state index contributed by atoms with van der Waals surface area (Å²) in [5.74, 6) is 0.921. The lowest BCUT2D eigenvalue weighted by Gasteiger charge is -2.21. The maximum atomic E-state index is 13.1. The van der Waals surface area contributed by atoms with Crippen LogP contribution in [0.1, 0.15) is 35.7 Å². The topological polar surface area (TPSA) is 67.9 Å². The highest BCUT2D eigenvalue weighted by Gasteiger charge is 2.41. The summed E-state index contributed by atoms with van der Waals surface area (Å²) in [6.07, 6.45) is 0. The van der Waals surface area contributed by atoms with E-state index in [9.17, 15) is 9.59 Å². The number of nitrogens with zero attached hydrogens (tertiary/aromatic N) is 1. The zero-order valence-corrected chi connectivity index (χ0v) is 19.1. The van der Waals surface area contributed by atoms with Gasteiger partial charge in [0, 0.05) is 47.8 Å². The van der Waals surface area contributed by atoms with Gasteiger partial charge in [0.25, 0.3) is 5.91 Å². The standard InChI is InChI=1S/C24H29ClN2O4/c1-15(2)12-26-23(28)21-14-27(24(29)16-5-7-17(25)8-6-16)13-20(21)19-10-9-18(30-3)11-22(19)31-4/h5-11,15,20-21H,12-14H2,1-4H3,(H,26,28)/t20-,21+/m1/s1. The first kappa shape index (κ1) is 22.9. The normalized spacial score (nSPS) is 18.2. The van der Waals surface area contributed by atoms with Crippen LogP contribution >= 0.6 is 11.6 Å². The number of likely N-dealkylation sites (tertiary alicyclic amines) is 1. The fraction of sp³-hybridized carbons (Fsp3) is 0.417. The molecule has 2 aromatic carbocycles. The molecule has 1 aliphatic heterocycles. The number of methoxy groups -OCH3 is 2. The van der Waals surface area contributed by atoms with Crippen LogP contribution in [0.3, 0.4) is 0 Å². The van der Waals surface area contributed by atoms with Crippen molar-refractivity contribution in [2.75, 3.05) is 33.9 Å². The van der Waals surface area contributed by atoms with Crippen molar-refractivity contribution in [3.63, 3.8) is 0 Å². The van der Waals surface area contributed by atoms with Gasteiger partial charge in [-0.1, -0.05) is 31.5 Å². The second-order valence-electron chi connectivity index (χ2n) is 8.18. The fourth-order valence-corrected chi connectivity index (χ4v) is 4.01. The lowest BCUT2D eigenvalue weighted by atomic mass is 9.87. The van der Waals surface area contributed by atoms with Crippen LogP contribution in [0.2, 0.25) is 5.02 Å². The first-order valence-corrected chi connectivity index (χ1v) is 10.8. The number of nitrogens with one attached hydrogen (secondary N) is 1. The molecule has 0 unspecified atom stereocenters. The van der Waals surface area contributed by atoms with Crippen LogP contribution in [0.4, 0.5) is 0 Å².